The Bertz CT molecular complexity index is 1890. The topological polar surface area (TPSA) is 130 Å². The maximum absolute atomic E-state index is 11.8. The molecule has 10 nitrogen and oxygen atoms in total. The normalized spacial score (nSPS) is 12.0. The summed E-state index contributed by atoms with van der Waals surface area (Å²) in [6.45, 7) is 7.71. The molecular formula is C50H60O10. The second kappa shape index (κ2) is 22.7. The lowest BCUT2D eigenvalue weighted by Crippen LogP contribution is -2.09. The Kier molecular flexibility index (Phi) is 17.2. The number of benzene rings is 4. The van der Waals surface area contributed by atoms with Crippen molar-refractivity contribution in [2.45, 2.75) is 77.0 Å². The Morgan fingerprint density at radius 1 is 0.467 bits per heavy atom. The van der Waals surface area contributed by atoms with E-state index in [1.54, 1.807) is 28.4 Å². The number of carbonyl (C=O) groups excluding carboxylic acids is 2. The van der Waals surface area contributed by atoms with Gasteiger partial charge in [-0.25, -0.2) is 9.59 Å². The number of esters is 2. The van der Waals surface area contributed by atoms with Crippen molar-refractivity contribution in [3.05, 3.63) is 141 Å². The van der Waals surface area contributed by atoms with Gasteiger partial charge in [-0.15, -0.1) is 0 Å². The summed E-state index contributed by atoms with van der Waals surface area (Å²) in [6, 6.07) is 17.4. The third-order valence-corrected chi connectivity index (χ3v) is 10.8. The molecule has 1 aliphatic carbocycles. The molecule has 0 heterocycles. The summed E-state index contributed by atoms with van der Waals surface area (Å²) >= 11 is 0. The van der Waals surface area contributed by atoms with Crippen molar-refractivity contribution in [1.82, 2.24) is 0 Å². The first kappa shape index (κ1) is 45.5. The van der Waals surface area contributed by atoms with E-state index in [1.165, 1.54) is 12.2 Å². The molecule has 320 valence electrons. The minimum Gasteiger partial charge on any atom is -0.496 e. The number of hydrogen-bond donors (Lipinski definition) is 2. The van der Waals surface area contributed by atoms with Crippen LogP contribution in [-0.4, -0.2) is 77.0 Å². The molecule has 4 aromatic rings. The van der Waals surface area contributed by atoms with Gasteiger partial charge >= 0.3 is 11.9 Å². The van der Waals surface area contributed by atoms with Crippen LogP contribution in [-0.2, 0) is 70.4 Å². The summed E-state index contributed by atoms with van der Waals surface area (Å²) < 4.78 is 35.8. The van der Waals surface area contributed by atoms with Crippen molar-refractivity contribution in [2.75, 3.05) is 54.9 Å². The molecule has 0 radical (unpaired) electrons. The molecule has 0 aromatic heterocycles. The molecule has 0 amide bonds. The van der Waals surface area contributed by atoms with Crippen LogP contribution in [0.2, 0.25) is 0 Å². The van der Waals surface area contributed by atoms with E-state index in [4.69, 9.17) is 28.4 Å². The molecule has 5 rings (SSSR count). The second-order valence-corrected chi connectivity index (χ2v) is 15.1. The third-order valence-electron chi connectivity index (χ3n) is 10.8. The Morgan fingerprint density at radius 3 is 0.900 bits per heavy atom. The van der Waals surface area contributed by atoms with Crippen LogP contribution in [0.25, 0.3) is 0 Å². The first-order chi connectivity index (χ1) is 29.2. The minimum absolute atomic E-state index is 0.0741. The predicted octanol–water partition coefficient (Wildman–Crippen LogP) is 7.57. The third kappa shape index (κ3) is 11.8. The van der Waals surface area contributed by atoms with E-state index >= 15 is 0 Å². The number of ether oxygens (including phenoxy) is 6. The lowest BCUT2D eigenvalue weighted by Gasteiger charge is -2.23. The second-order valence-electron chi connectivity index (χ2n) is 15.1. The molecule has 2 N–H and O–H groups in total. The molecule has 0 saturated heterocycles. The number of aryl methyl sites for hydroxylation is 4. The van der Waals surface area contributed by atoms with Crippen molar-refractivity contribution in [3.8, 4) is 23.0 Å². The highest BCUT2D eigenvalue weighted by Gasteiger charge is 2.24. The number of aliphatic hydroxyl groups excluding tert-OH is 2. The average Bonchev–Trinajstić information content (AvgIpc) is 3.24. The lowest BCUT2D eigenvalue weighted by molar-refractivity contribution is -0.138. The van der Waals surface area contributed by atoms with Crippen LogP contribution in [0, 0.1) is 0 Å². The zero-order valence-electron chi connectivity index (χ0n) is 35.7. The van der Waals surface area contributed by atoms with E-state index in [0.29, 0.717) is 77.0 Å². The number of rotatable bonds is 20. The molecule has 0 unspecified atom stereocenters. The fourth-order valence-electron chi connectivity index (χ4n) is 8.39. The van der Waals surface area contributed by atoms with Crippen molar-refractivity contribution in [3.63, 3.8) is 0 Å². The van der Waals surface area contributed by atoms with Gasteiger partial charge in [-0.2, -0.15) is 0 Å². The number of hydrogen-bond acceptors (Lipinski definition) is 10. The zero-order chi connectivity index (χ0) is 43.0. The molecule has 0 spiro atoms. The fraction of sp³-hybridized carbons (Fsp3) is 0.400. The molecular weight excluding hydrogens is 761 g/mol. The van der Waals surface area contributed by atoms with Crippen molar-refractivity contribution < 1.29 is 48.2 Å². The molecule has 10 heteroatoms. The summed E-state index contributed by atoms with van der Waals surface area (Å²) in [5.41, 5.74) is 12.2. The van der Waals surface area contributed by atoms with Gasteiger partial charge in [0.1, 0.15) is 23.0 Å². The van der Waals surface area contributed by atoms with Gasteiger partial charge in [-0.3, -0.25) is 0 Å². The van der Waals surface area contributed by atoms with Crippen LogP contribution in [0.3, 0.4) is 0 Å². The van der Waals surface area contributed by atoms with Gasteiger partial charge in [0.2, 0.25) is 0 Å². The highest BCUT2D eigenvalue weighted by atomic mass is 16.5. The lowest BCUT2D eigenvalue weighted by atomic mass is 9.87. The van der Waals surface area contributed by atoms with Crippen molar-refractivity contribution in [1.29, 1.82) is 0 Å². The number of aliphatic hydroxyl groups is 2. The van der Waals surface area contributed by atoms with E-state index in [9.17, 15) is 19.8 Å². The zero-order valence-corrected chi connectivity index (χ0v) is 35.7. The molecule has 4 aromatic carbocycles. The molecule has 8 bridgehead atoms. The van der Waals surface area contributed by atoms with Gasteiger partial charge in [0.25, 0.3) is 0 Å². The highest BCUT2D eigenvalue weighted by molar-refractivity contribution is 5.81. The van der Waals surface area contributed by atoms with E-state index in [0.717, 1.165) is 89.8 Å². The Balaban J connectivity index is 1.77. The van der Waals surface area contributed by atoms with Crippen LogP contribution < -0.4 is 18.9 Å². The van der Waals surface area contributed by atoms with E-state index in [2.05, 4.69) is 61.7 Å². The Morgan fingerprint density at radius 2 is 0.700 bits per heavy atom. The van der Waals surface area contributed by atoms with Gasteiger partial charge in [-0.05, 0) is 118 Å². The summed E-state index contributed by atoms with van der Waals surface area (Å²) in [7, 11) is 6.81. The first-order valence-corrected chi connectivity index (χ1v) is 20.7. The van der Waals surface area contributed by atoms with Gasteiger partial charge in [0, 0.05) is 51.0 Å². The van der Waals surface area contributed by atoms with Crippen LogP contribution >= 0.6 is 0 Å². The Hall–Kier alpha value is -5.58. The minimum atomic E-state index is -0.446. The monoisotopic (exact) mass is 820 g/mol. The smallest absolute Gasteiger partial charge is 0.330 e. The summed E-state index contributed by atoms with van der Waals surface area (Å²) in [5, 5.41) is 19.7. The van der Waals surface area contributed by atoms with Gasteiger partial charge in [0.15, 0.2) is 0 Å². The maximum atomic E-state index is 11.8. The molecule has 0 saturated carbocycles. The molecule has 0 atom stereocenters. The molecule has 60 heavy (non-hydrogen) atoms. The van der Waals surface area contributed by atoms with Gasteiger partial charge in [-0.1, -0.05) is 61.7 Å². The van der Waals surface area contributed by atoms with Crippen molar-refractivity contribution >= 4 is 11.9 Å². The van der Waals surface area contributed by atoms with Crippen LogP contribution in [0.5, 0.6) is 23.0 Å². The number of fused-ring (bicyclic) bond motifs is 8. The predicted molar refractivity (Wildman–Crippen MR) is 233 cm³/mol. The number of methoxy groups -OCH3 is 4. The highest BCUT2D eigenvalue weighted by Crippen LogP contribution is 2.41. The van der Waals surface area contributed by atoms with Crippen molar-refractivity contribution in [2.24, 2.45) is 0 Å². The standard InChI is InChI=1S/C50H60O10/c1-7-45(53)59-19-11-15-35-25-41-29-37-21-33(13-9-17-51)23-39(47(37)55-3)31-43-27-36(16-12-20-60-46(54)8-2)28-44(50(43)58-6)32-40-24-34(14-10-18-52)22-38(48(40)56-4)30-42(26-35)49(41)57-5/h7-8,21-28,51-52H,1-2,9-20,29-32H2,3-6H3. The van der Waals surface area contributed by atoms with Crippen LogP contribution in [0.1, 0.15) is 92.4 Å². The number of carbonyl (C=O) groups is 2. The SMILES string of the molecule is C=CC(=O)OCCCc1cc2c(OC)c(c1)Cc1cc(CCCO)cc(c1OC)Cc1cc(CCCOC(=O)C=C)cc(c1OC)Cc1cc(CCCO)cc(c1OC)C2. The fourth-order valence-corrected chi connectivity index (χ4v) is 8.39. The average molecular weight is 821 g/mol. The Labute approximate surface area is 354 Å². The van der Waals surface area contributed by atoms with Crippen LogP contribution in [0.4, 0.5) is 0 Å². The molecule has 0 aliphatic heterocycles. The van der Waals surface area contributed by atoms with E-state index in [-0.39, 0.29) is 26.4 Å². The van der Waals surface area contributed by atoms with Crippen LogP contribution in [0.15, 0.2) is 73.8 Å². The van der Waals surface area contributed by atoms with Gasteiger partial charge in [0.05, 0.1) is 41.7 Å². The molecule has 1 aliphatic rings. The largest absolute Gasteiger partial charge is 0.496 e. The van der Waals surface area contributed by atoms with Gasteiger partial charge < -0.3 is 38.6 Å². The van der Waals surface area contributed by atoms with E-state index in [1.807, 2.05) is 0 Å². The quantitative estimate of drug-likeness (QED) is 0.0461. The first-order valence-electron chi connectivity index (χ1n) is 20.7. The summed E-state index contributed by atoms with van der Waals surface area (Å²) in [6.07, 6.45) is 9.55. The molecule has 0 fully saturated rings. The maximum Gasteiger partial charge on any atom is 0.330 e. The summed E-state index contributed by atoms with van der Waals surface area (Å²) in [5.74, 6) is 2.19. The van der Waals surface area contributed by atoms with E-state index < -0.39 is 11.9 Å². The summed E-state index contributed by atoms with van der Waals surface area (Å²) in [4.78, 5) is 23.6.